The highest BCUT2D eigenvalue weighted by molar-refractivity contribution is 5.79. The third-order valence-corrected chi connectivity index (χ3v) is 9.19. The number of hydrogen-bond acceptors (Lipinski definition) is 3. The Kier molecular flexibility index (Phi) is 5.36. The largest absolute Gasteiger partial charge is 0.452 e. The van der Waals surface area contributed by atoms with Gasteiger partial charge in [0.25, 0.3) is 0 Å². The van der Waals surface area contributed by atoms with Gasteiger partial charge >= 0.3 is 5.97 Å². The number of carbonyl (C=O) groups is 2. The minimum atomic E-state index is -0.178. The Balaban J connectivity index is 1.61. The van der Waals surface area contributed by atoms with Crippen molar-refractivity contribution >= 4 is 11.8 Å². The summed E-state index contributed by atoms with van der Waals surface area (Å²) in [5.74, 6) is 9.99. The van der Waals surface area contributed by atoms with Gasteiger partial charge in [0.1, 0.15) is 5.78 Å². The summed E-state index contributed by atoms with van der Waals surface area (Å²) in [6, 6.07) is 0. The molecule has 4 aliphatic carbocycles. The zero-order chi connectivity index (χ0) is 19.9. The normalized spacial score (nSPS) is 44.5. The Labute approximate surface area is 170 Å². The minimum Gasteiger partial charge on any atom is -0.452 e. The van der Waals surface area contributed by atoms with E-state index >= 15 is 0 Å². The molecule has 0 aromatic carbocycles. The first kappa shape index (κ1) is 20.0. The van der Waals surface area contributed by atoms with Gasteiger partial charge in [0.2, 0.25) is 0 Å². The molecule has 4 saturated carbocycles. The van der Waals surface area contributed by atoms with Gasteiger partial charge in [-0.2, -0.15) is 0 Å². The van der Waals surface area contributed by atoms with E-state index < -0.39 is 0 Å². The maximum Gasteiger partial charge on any atom is 0.306 e. The van der Waals surface area contributed by atoms with Gasteiger partial charge in [0.15, 0.2) is 6.61 Å². The first-order valence-electron chi connectivity index (χ1n) is 11.5. The maximum absolute atomic E-state index is 12.2. The number of ether oxygens (including phenoxy) is 1. The summed E-state index contributed by atoms with van der Waals surface area (Å²) in [5, 5.41) is 0. The van der Waals surface area contributed by atoms with Crippen molar-refractivity contribution in [2.24, 2.45) is 40.4 Å². The average Bonchev–Trinajstić information content (AvgIpc) is 3.07. The van der Waals surface area contributed by atoms with E-state index in [1.165, 1.54) is 32.1 Å². The van der Waals surface area contributed by atoms with Crippen LogP contribution in [0.1, 0.15) is 85.0 Å². The molecular formula is C25H36O3. The third-order valence-electron chi connectivity index (χ3n) is 9.19. The molecule has 0 bridgehead atoms. The van der Waals surface area contributed by atoms with Crippen molar-refractivity contribution < 1.29 is 14.3 Å². The van der Waals surface area contributed by atoms with Crippen LogP contribution in [0.5, 0.6) is 0 Å². The number of hydrogen-bond donors (Lipinski definition) is 0. The van der Waals surface area contributed by atoms with Crippen molar-refractivity contribution in [1.29, 1.82) is 0 Å². The fourth-order valence-corrected chi connectivity index (χ4v) is 7.59. The number of carbonyl (C=O) groups excluding carboxylic acids is 2. The van der Waals surface area contributed by atoms with Crippen LogP contribution in [0.4, 0.5) is 0 Å². The van der Waals surface area contributed by atoms with Crippen molar-refractivity contribution in [3.63, 3.8) is 0 Å². The van der Waals surface area contributed by atoms with Crippen molar-refractivity contribution in [3.05, 3.63) is 0 Å². The first-order valence-corrected chi connectivity index (χ1v) is 11.5. The van der Waals surface area contributed by atoms with Crippen LogP contribution in [0.2, 0.25) is 0 Å². The quantitative estimate of drug-likeness (QED) is 0.487. The monoisotopic (exact) mass is 384 g/mol. The van der Waals surface area contributed by atoms with Gasteiger partial charge in [-0.15, -0.1) is 0 Å². The van der Waals surface area contributed by atoms with Gasteiger partial charge < -0.3 is 4.74 Å². The van der Waals surface area contributed by atoms with Gasteiger partial charge in [-0.3, -0.25) is 9.59 Å². The number of rotatable bonds is 2. The molecule has 0 unspecified atom stereocenters. The second kappa shape index (κ2) is 7.51. The molecule has 154 valence electrons. The van der Waals surface area contributed by atoms with Crippen LogP contribution in [0.25, 0.3) is 0 Å². The van der Waals surface area contributed by atoms with E-state index in [0.29, 0.717) is 46.7 Å². The summed E-state index contributed by atoms with van der Waals surface area (Å²) < 4.78 is 5.20. The smallest absolute Gasteiger partial charge is 0.306 e. The Morgan fingerprint density at radius 1 is 1.18 bits per heavy atom. The number of Topliss-reactive ketones (excluding diaryl/α,β-unsaturated/α-hetero) is 1. The average molecular weight is 385 g/mol. The molecule has 4 rings (SSSR count). The summed E-state index contributed by atoms with van der Waals surface area (Å²) in [5.41, 5.74) is 0.804. The molecule has 0 aromatic rings. The van der Waals surface area contributed by atoms with Gasteiger partial charge in [0, 0.05) is 25.2 Å². The van der Waals surface area contributed by atoms with E-state index in [-0.39, 0.29) is 12.6 Å². The SMILES string of the molecule is CCC(=O)OCC#C[C@@H]1C[C@H]2CC(=O)CC[C@]2(C)[C@H]2CC[C@]3(C)CCC[C@H]3[C@H]12. The maximum atomic E-state index is 12.2. The molecule has 28 heavy (non-hydrogen) atoms. The van der Waals surface area contributed by atoms with Crippen molar-refractivity contribution in [2.45, 2.75) is 85.0 Å². The highest BCUT2D eigenvalue weighted by Crippen LogP contribution is 2.67. The standard InChI is InChI=1S/C25H36O3/c1-4-22(27)28-14-6-7-17-15-18-16-19(26)9-13-25(18,3)21-10-12-24(2)11-5-8-20(24)23(17)21/h17-18,20-21,23H,4-5,8-16H2,1-3H3/t17-,18+,20+,21+,23+,24+,25+/m1/s1. The zero-order valence-corrected chi connectivity index (χ0v) is 17.9. The molecule has 3 heteroatoms. The summed E-state index contributed by atoms with van der Waals surface area (Å²) in [6.45, 7) is 7.04. The molecular weight excluding hydrogens is 348 g/mol. The molecule has 0 aromatic heterocycles. The Morgan fingerprint density at radius 2 is 2.00 bits per heavy atom. The van der Waals surface area contributed by atoms with Crippen LogP contribution in [-0.2, 0) is 14.3 Å². The number of ketones is 1. The van der Waals surface area contributed by atoms with Crippen molar-refractivity contribution in [2.75, 3.05) is 6.61 Å². The van der Waals surface area contributed by atoms with Gasteiger partial charge in [0.05, 0.1) is 0 Å². The van der Waals surface area contributed by atoms with Gasteiger partial charge in [-0.1, -0.05) is 39.0 Å². The predicted molar refractivity (Wildman–Crippen MR) is 109 cm³/mol. The van der Waals surface area contributed by atoms with Gasteiger partial charge in [-0.25, -0.2) is 0 Å². The van der Waals surface area contributed by atoms with Crippen LogP contribution in [0.3, 0.4) is 0 Å². The molecule has 0 N–H and O–H groups in total. The predicted octanol–water partition coefficient (Wildman–Crippen LogP) is 5.17. The van der Waals surface area contributed by atoms with E-state index in [2.05, 4.69) is 25.7 Å². The molecule has 0 aliphatic heterocycles. The summed E-state index contributed by atoms with van der Waals surface area (Å²) in [4.78, 5) is 23.7. The van der Waals surface area contributed by atoms with E-state index in [9.17, 15) is 9.59 Å². The summed E-state index contributed by atoms with van der Waals surface area (Å²) in [7, 11) is 0. The van der Waals surface area contributed by atoms with E-state index in [1.54, 1.807) is 0 Å². The summed E-state index contributed by atoms with van der Waals surface area (Å²) >= 11 is 0. The highest BCUT2D eigenvalue weighted by Gasteiger charge is 2.60. The Morgan fingerprint density at radius 3 is 2.79 bits per heavy atom. The van der Waals surface area contributed by atoms with Crippen molar-refractivity contribution in [3.8, 4) is 11.8 Å². The van der Waals surface area contributed by atoms with E-state index in [4.69, 9.17) is 4.74 Å². The molecule has 4 fully saturated rings. The lowest BCUT2D eigenvalue weighted by Gasteiger charge is -2.61. The fraction of sp³-hybridized carbons (Fsp3) is 0.840. The van der Waals surface area contributed by atoms with Crippen LogP contribution in [0, 0.1) is 52.3 Å². The fourth-order valence-electron chi connectivity index (χ4n) is 7.59. The Hall–Kier alpha value is -1.30. The molecule has 0 radical (unpaired) electrons. The number of fused-ring (bicyclic) bond motifs is 5. The molecule has 0 amide bonds. The van der Waals surface area contributed by atoms with Crippen molar-refractivity contribution in [1.82, 2.24) is 0 Å². The second-order valence-electron chi connectivity index (χ2n) is 10.5. The van der Waals surface area contributed by atoms with Crippen LogP contribution in [0.15, 0.2) is 0 Å². The molecule has 3 nitrogen and oxygen atoms in total. The molecule has 4 aliphatic rings. The number of esters is 1. The highest BCUT2D eigenvalue weighted by atomic mass is 16.5. The van der Waals surface area contributed by atoms with E-state index in [1.807, 2.05) is 6.92 Å². The lowest BCUT2D eigenvalue weighted by atomic mass is 9.43. The lowest BCUT2D eigenvalue weighted by molar-refractivity contribution is -0.143. The lowest BCUT2D eigenvalue weighted by Crippen LogP contribution is -2.55. The molecule has 7 atom stereocenters. The van der Waals surface area contributed by atoms with Crippen LogP contribution >= 0.6 is 0 Å². The van der Waals surface area contributed by atoms with Gasteiger partial charge in [-0.05, 0) is 73.0 Å². The second-order valence-corrected chi connectivity index (χ2v) is 10.5. The van der Waals surface area contributed by atoms with Crippen LogP contribution < -0.4 is 0 Å². The Bertz CT molecular complexity index is 700. The van der Waals surface area contributed by atoms with Crippen LogP contribution in [-0.4, -0.2) is 18.4 Å². The van der Waals surface area contributed by atoms with E-state index in [0.717, 1.165) is 31.6 Å². The molecule has 0 spiro atoms. The molecule has 0 saturated heterocycles. The zero-order valence-electron chi connectivity index (χ0n) is 17.9. The third kappa shape index (κ3) is 3.31. The first-order chi connectivity index (χ1) is 13.4. The molecule has 0 heterocycles. The minimum absolute atomic E-state index is 0.178. The topological polar surface area (TPSA) is 43.4 Å². The summed E-state index contributed by atoms with van der Waals surface area (Å²) in [6.07, 6.45) is 10.8.